The fourth-order valence-electron chi connectivity index (χ4n) is 3.36. The van der Waals surface area contributed by atoms with Crippen LogP contribution in [0.15, 0.2) is 46.0 Å². The molecule has 0 unspecified atom stereocenters. The van der Waals surface area contributed by atoms with E-state index in [4.69, 9.17) is 0 Å². The molecule has 3 rings (SSSR count). The van der Waals surface area contributed by atoms with Gasteiger partial charge in [0.2, 0.25) is 0 Å². The third-order valence-electron chi connectivity index (χ3n) is 4.63. The molecule has 1 fully saturated rings. The molecule has 0 saturated heterocycles. The fraction of sp³-hybridized carbons (Fsp3) is 0.389. The Bertz CT molecular complexity index is 630. The topological polar surface area (TPSA) is 29.1 Å². The molecule has 0 radical (unpaired) electrons. The Morgan fingerprint density at radius 1 is 1.27 bits per heavy atom. The maximum Gasteiger partial charge on any atom is 0.252 e. The minimum atomic E-state index is 0.0476. The lowest BCUT2D eigenvalue weighted by Crippen LogP contribution is -2.38. The molecule has 22 heavy (non-hydrogen) atoms. The lowest BCUT2D eigenvalue weighted by atomic mass is 9.80. The molecule has 2 aromatic rings. The monoisotopic (exact) mass is 331 g/mol. The molecule has 4 heteroatoms. The van der Waals surface area contributed by atoms with Gasteiger partial charge in [-0.05, 0) is 53.6 Å². The van der Waals surface area contributed by atoms with Crippen molar-refractivity contribution in [1.29, 1.82) is 0 Å². The number of thioether (sulfide) groups is 1. The highest BCUT2D eigenvalue weighted by molar-refractivity contribution is 7.98. The summed E-state index contributed by atoms with van der Waals surface area (Å²) in [6, 6.07) is 10.0. The largest absolute Gasteiger partial charge is 0.351 e. The molecule has 1 aromatic carbocycles. The van der Waals surface area contributed by atoms with E-state index < -0.39 is 0 Å². The molecule has 1 amide bonds. The average Bonchev–Trinajstić information content (AvgIpc) is 3.24. The summed E-state index contributed by atoms with van der Waals surface area (Å²) < 4.78 is 0. The minimum Gasteiger partial charge on any atom is -0.351 e. The van der Waals surface area contributed by atoms with Crippen molar-refractivity contribution in [2.24, 2.45) is 0 Å². The van der Waals surface area contributed by atoms with Crippen molar-refractivity contribution in [1.82, 2.24) is 5.32 Å². The molecule has 0 atom stereocenters. The van der Waals surface area contributed by atoms with E-state index >= 15 is 0 Å². The van der Waals surface area contributed by atoms with Crippen LogP contribution in [-0.2, 0) is 5.41 Å². The second kappa shape index (κ2) is 6.88. The SMILES string of the molecule is CSc1ccccc1C(=O)NCC1(c2ccsc2)CCCC1. The standard InChI is InChI=1S/C18H21NOS2/c1-21-16-7-3-2-6-15(16)17(20)19-13-18(9-4-5-10-18)14-8-11-22-12-14/h2-3,6-8,11-12H,4-5,9-10,13H2,1H3,(H,19,20). The zero-order valence-corrected chi connectivity index (χ0v) is 14.4. The Labute approximate surface area is 140 Å². The first kappa shape index (κ1) is 15.6. The van der Waals surface area contributed by atoms with E-state index in [1.165, 1.54) is 31.2 Å². The van der Waals surface area contributed by atoms with Crippen LogP contribution in [0.4, 0.5) is 0 Å². The van der Waals surface area contributed by atoms with Gasteiger partial charge in [-0.1, -0.05) is 25.0 Å². The molecule has 1 aliphatic rings. The van der Waals surface area contributed by atoms with Crippen LogP contribution in [0, 0.1) is 0 Å². The van der Waals surface area contributed by atoms with Gasteiger partial charge in [0.05, 0.1) is 5.56 Å². The second-order valence-corrected chi connectivity index (χ2v) is 7.51. The van der Waals surface area contributed by atoms with Gasteiger partial charge in [-0.15, -0.1) is 11.8 Å². The fourth-order valence-corrected chi connectivity index (χ4v) is 4.74. The van der Waals surface area contributed by atoms with Crippen LogP contribution in [0.5, 0.6) is 0 Å². The summed E-state index contributed by atoms with van der Waals surface area (Å²) in [6.07, 6.45) is 6.87. The predicted octanol–water partition coefficient (Wildman–Crippen LogP) is 4.71. The van der Waals surface area contributed by atoms with E-state index in [0.29, 0.717) is 0 Å². The summed E-state index contributed by atoms with van der Waals surface area (Å²) in [7, 11) is 0. The molecule has 1 N–H and O–H groups in total. The van der Waals surface area contributed by atoms with Crippen LogP contribution in [0.2, 0.25) is 0 Å². The van der Waals surface area contributed by atoms with Crippen LogP contribution in [0.3, 0.4) is 0 Å². The maximum atomic E-state index is 12.6. The van der Waals surface area contributed by atoms with Gasteiger partial charge in [-0.25, -0.2) is 0 Å². The number of amides is 1. The molecule has 0 bridgehead atoms. The molecule has 0 aliphatic heterocycles. The van der Waals surface area contributed by atoms with Crippen molar-refractivity contribution in [3.63, 3.8) is 0 Å². The first-order valence-electron chi connectivity index (χ1n) is 7.69. The third kappa shape index (κ3) is 3.08. The van der Waals surface area contributed by atoms with E-state index in [1.54, 1.807) is 23.1 Å². The molecule has 116 valence electrons. The summed E-state index contributed by atoms with van der Waals surface area (Å²) in [6.45, 7) is 0.741. The molecule has 1 aliphatic carbocycles. The molecule has 0 spiro atoms. The van der Waals surface area contributed by atoms with Gasteiger partial charge in [0.15, 0.2) is 0 Å². The smallest absolute Gasteiger partial charge is 0.252 e. The van der Waals surface area contributed by atoms with Crippen LogP contribution in [0.1, 0.15) is 41.6 Å². The quantitative estimate of drug-likeness (QED) is 0.804. The highest BCUT2D eigenvalue weighted by Gasteiger charge is 2.36. The normalized spacial score (nSPS) is 16.6. The van der Waals surface area contributed by atoms with Gasteiger partial charge in [0.25, 0.3) is 5.91 Å². The Morgan fingerprint density at radius 2 is 2.05 bits per heavy atom. The molecule has 1 heterocycles. The Hall–Kier alpha value is -1.26. The summed E-state index contributed by atoms with van der Waals surface area (Å²) >= 11 is 3.37. The number of hydrogen-bond acceptors (Lipinski definition) is 3. The van der Waals surface area contributed by atoms with E-state index in [0.717, 1.165) is 17.0 Å². The van der Waals surface area contributed by atoms with Gasteiger partial charge in [-0.2, -0.15) is 11.3 Å². The summed E-state index contributed by atoms with van der Waals surface area (Å²) in [5.74, 6) is 0.0476. The molecule has 1 aromatic heterocycles. The van der Waals surface area contributed by atoms with E-state index in [1.807, 2.05) is 30.5 Å². The summed E-state index contributed by atoms with van der Waals surface area (Å²) in [5, 5.41) is 7.58. The van der Waals surface area contributed by atoms with Gasteiger partial charge in [-0.3, -0.25) is 4.79 Å². The van der Waals surface area contributed by atoms with Gasteiger partial charge in [0.1, 0.15) is 0 Å². The number of thiophene rings is 1. The maximum absolute atomic E-state index is 12.6. The van der Waals surface area contributed by atoms with Crippen molar-refractivity contribution in [3.8, 4) is 0 Å². The minimum absolute atomic E-state index is 0.0476. The number of rotatable bonds is 5. The van der Waals surface area contributed by atoms with E-state index in [9.17, 15) is 4.79 Å². The average molecular weight is 332 g/mol. The molecular weight excluding hydrogens is 310 g/mol. The van der Waals surface area contributed by atoms with Gasteiger partial charge >= 0.3 is 0 Å². The van der Waals surface area contributed by atoms with Crippen molar-refractivity contribution in [3.05, 3.63) is 52.2 Å². The Kier molecular flexibility index (Phi) is 4.89. The van der Waals surface area contributed by atoms with Crippen LogP contribution in [-0.4, -0.2) is 18.7 Å². The lowest BCUT2D eigenvalue weighted by Gasteiger charge is -2.29. The van der Waals surface area contributed by atoms with Crippen molar-refractivity contribution in [2.75, 3.05) is 12.8 Å². The number of benzene rings is 1. The van der Waals surface area contributed by atoms with Gasteiger partial charge in [0, 0.05) is 16.9 Å². The molecule has 2 nitrogen and oxygen atoms in total. The van der Waals surface area contributed by atoms with Crippen LogP contribution in [0.25, 0.3) is 0 Å². The number of carbonyl (C=O) groups is 1. The highest BCUT2D eigenvalue weighted by Crippen LogP contribution is 2.41. The van der Waals surface area contributed by atoms with Crippen LogP contribution < -0.4 is 5.32 Å². The first-order chi connectivity index (χ1) is 10.7. The van der Waals surface area contributed by atoms with Crippen molar-refractivity contribution < 1.29 is 4.79 Å². The molecule has 1 saturated carbocycles. The second-order valence-electron chi connectivity index (χ2n) is 5.88. The number of hydrogen-bond donors (Lipinski definition) is 1. The summed E-state index contributed by atoms with van der Waals surface area (Å²) in [4.78, 5) is 13.6. The summed E-state index contributed by atoms with van der Waals surface area (Å²) in [5.41, 5.74) is 2.33. The number of nitrogens with one attached hydrogen (secondary N) is 1. The zero-order chi connectivity index (χ0) is 15.4. The Balaban J connectivity index is 1.74. The van der Waals surface area contributed by atoms with E-state index in [2.05, 4.69) is 22.1 Å². The zero-order valence-electron chi connectivity index (χ0n) is 12.8. The lowest BCUT2D eigenvalue weighted by molar-refractivity contribution is 0.0940. The Morgan fingerprint density at radius 3 is 2.73 bits per heavy atom. The first-order valence-corrected chi connectivity index (χ1v) is 9.86. The predicted molar refractivity (Wildman–Crippen MR) is 95.0 cm³/mol. The molecular formula is C18H21NOS2. The van der Waals surface area contributed by atoms with Gasteiger partial charge < -0.3 is 5.32 Å². The third-order valence-corrected chi connectivity index (χ3v) is 6.11. The van der Waals surface area contributed by atoms with Crippen LogP contribution >= 0.6 is 23.1 Å². The number of carbonyl (C=O) groups excluding carboxylic acids is 1. The highest BCUT2D eigenvalue weighted by atomic mass is 32.2. The van der Waals surface area contributed by atoms with E-state index in [-0.39, 0.29) is 11.3 Å². The van der Waals surface area contributed by atoms with Crippen molar-refractivity contribution in [2.45, 2.75) is 36.0 Å². The van der Waals surface area contributed by atoms with Crippen molar-refractivity contribution >= 4 is 29.0 Å².